The molecule has 0 bridgehead atoms. The van der Waals surface area contributed by atoms with Crippen molar-refractivity contribution in [3.8, 4) is 0 Å². The molecule has 0 aromatic heterocycles. The van der Waals surface area contributed by atoms with Crippen molar-refractivity contribution in [1.29, 1.82) is 0 Å². The van der Waals surface area contributed by atoms with Crippen molar-refractivity contribution in [2.45, 2.75) is 65.5 Å². The summed E-state index contributed by atoms with van der Waals surface area (Å²) in [5.74, 6) is 1.98. The fourth-order valence-corrected chi connectivity index (χ4v) is 3.56. The molecule has 0 radical (unpaired) electrons. The molecule has 0 amide bonds. The van der Waals surface area contributed by atoms with Gasteiger partial charge in [0.1, 0.15) is 0 Å². The second-order valence-electron chi connectivity index (χ2n) is 6.35. The molecule has 3 atom stereocenters. The molecule has 96 valence electrons. The smallest absolute Gasteiger partial charge is 0.0616 e. The Morgan fingerprint density at radius 2 is 1.88 bits per heavy atom. The quantitative estimate of drug-likeness (QED) is 0.774. The molecule has 0 saturated heterocycles. The first-order valence-corrected chi connectivity index (χ1v) is 6.80. The maximum Gasteiger partial charge on any atom is 0.0616 e. The summed E-state index contributed by atoms with van der Waals surface area (Å²) in [6.45, 7) is 11.5. The molecule has 3 unspecified atom stereocenters. The zero-order valence-corrected chi connectivity index (χ0v) is 11.6. The van der Waals surface area contributed by atoms with E-state index in [9.17, 15) is 5.11 Å². The zero-order valence-electron chi connectivity index (χ0n) is 11.6. The first-order chi connectivity index (χ1) is 7.41. The third-order valence-electron chi connectivity index (χ3n) is 4.06. The number of hydrogen-bond acceptors (Lipinski definition) is 2. The minimum absolute atomic E-state index is 0.0417. The highest BCUT2D eigenvalue weighted by atomic mass is 16.3. The van der Waals surface area contributed by atoms with Crippen LogP contribution in [0.5, 0.6) is 0 Å². The van der Waals surface area contributed by atoms with Crippen molar-refractivity contribution in [3.05, 3.63) is 0 Å². The van der Waals surface area contributed by atoms with E-state index in [4.69, 9.17) is 0 Å². The molecule has 16 heavy (non-hydrogen) atoms. The van der Waals surface area contributed by atoms with Crippen LogP contribution in [0.25, 0.3) is 0 Å². The maximum atomic E-state index is 9.86. The lowest BCUT2D eigenvalue weighted by atomic mass is 9.65. The molecule has 1 rings (SSSR count). The number of hydrogen-bond donors (Lipinski definition) is 2. The summed E-state index contributed by atoms with van der Waals surface area (Å²) in [5.41, 5.74) is -0.0417. The van der Waals surface area contributed by atoms with Crippen molar-refractivity contribution >= 4 is 0 Å². The van der Waals surface area contributed by atoms with Gasteiger partial charge in [0.2, 0.25) is 0 Å². The van der Waals surface area contributed by atoms with Gasteiger partial charge in [0, 0.05) is 11.6 Å². The lowest BCUT2D eigenvalue weighted by molar-refractivity contribution is 0.0178. The minimum Gasteiger partial charge on any atom is -0.394 e. The predicted octanol–water partition coefficient (Wildman–Crippen LogP) is 2.81. The van der Waals surface area contributed by atoms with Gasteiger partial charge in [0.05, 0.1) is 6.61 Å². The number of rotatable bonds is 4. The highest BCUT2D eigenvalue weighted by Gasteiger charge is 2.43. The van der Waals surface area contributed by atoms with Gasteiger partial charge in [-0.25, -0.2) is 0 Å². The summed E-state index contributed by atoms with van der Waals surface area (Å²) in [6, 6.07) is 0.443. The Kier molecular flexibility index (Phi) is 4.81. The molecule has 2 N–H and O–H groups in total. The van der Waals surface area contributed by atoms with Gasteiger partial charge < -0.3 is 10.4 Å². The summed E-state index contributed by atoms with van der Waals surface area (Å²) in [5, 5.41) is 13.5. The standard InChI is InChI=1S/C14H29NO/c1-10(2)13-7-6-12(5)8-14(13,9-16)15-11(3)4/h10-13,15-16H,6-9H2,1-5H3. The SMILES string of the molecule is CC1CCC(C(C)C)C(CO)(NC(C)C)C1. The van der Waals surface area contributed by atoms with Crippen LogP contribution in [0.4, 0.5) is 0 Å². The van der Waals surface area contributed by atoms with Gasteiger partial charge >= 0.3 is 0 Å². The summed E-state index contributed by atoms with van der Waals surface area (Å²) in [4.78, 5) is 0. The molecule has 0 aromatic rings. The van der Waals surface area contributed by atoms with Crippen LogP contribution >= 0.6 is 0 Å². The van der Waals surface area contributed by atoms with Gasteiger partial charge in [-0.15, -0.1) is 0 Å². The van der Waals surface area contributed by atoms with E-state index in [-0.39, 0.29) is 12.1 Å². The topological polar surface area (TPSA) is 32.3 Å². The molecule has 2 heteroatoms. The van der Waals surface area contributed by atoms with Crippen LogP contribution < -0.4 is 5.32 Å². The van der Waals surface area contributed by atoms with Crippen LogP contribution in [0.2, 0.25) is 0 Å². The molecule has 1 aliphatic rings. The van der Waals surface area contributed by atoms with E-state index in [0.717, 1.165) is 12.3 Å². The molecule has 1 fully saturated rings. The largest absolute Gasteiger partial charge is 0.394 e. The molecular weight excluding hydrogens is 198 g/mol. The highest BCUT2D eigenvalue weighted by Crippen LogP contribution is 2.41. The summed E-state index contributed by atoms with van der Waals surface area (Å²) in [7, 11) is 0. The Morgan fingerprint density at radius 1 is 1.25 bits per heavy atom. The summed E-state index contributed by atoms with van der Waals surface area (Å²) >= 11 is 0. The Labute approximate surface area is 101 Å². The minimum atomic E-state index is -0.0417. The summed E-state index contributed by atoms with van der Waals surface area (Å²) < 4.78 is 0. The predicted molar refractivity (Wildman–Crippen MR) is 69.4 cm³/mol. The molecule has 1 aliphatic carbocycles. The normalized spacial score (nSPS) is 36.0. The highest BCUT2D eigenvalue weighted by molar-refractivity contribution is 5.00. The van der Waals surface area contributed by atoms with Crippen molar-refractivity contribution in [3.63, 3.8) is 0 Å². The van der Waals surface area contributed by atoms with Gasteiger partial charge in [-0.05, 0) is 30.6 Å². The lowest BCUT2D eigenvalue weighted by Crippen LogP contribution is -2.60. The van der Waals surface area contributed by atoms with E-state index in [1.807, 2.05) is 0 Å². The van der Waals surface area contributed by atoms with Gasteiger partial charge in [-0.3, -0.25) is 0 Å². The van der Waals surface area contributed by atoms with Crippen molar-refractivity contribution < 1.29 is 5.11 Å². The van der Waals surface area contributed by atoms with Crippen molar-refractivity contribution in [1.82, 2.24) is 5.32 Å². The second-order valence-corrected chi connectivity index (χ2v) is 6.35. The molecule has 0 spiro atoms. The van der Waals surface area contributed by atoms with Crippen LogP contribution in [-0.2, 0) is 0 Å². The molecule has 0 aromatic carbocycles. The lowest BCUT2D eigenvalue weighted by Gasteiger charge is -2.49. The Morgan fingerprint density at radius 3 is 2.31 bits per heavy atom. The average molecular weight is 227 g/mol. The van der Waals surface area contributed by atoms with E-state index in [1.54, 1.807) is 0 Å². The molecular formula is C14H29NO. The van der Waals surface area contributed by atoms with Crippen LogP contribution in [0.15, 0.2) is 0 Å². The second kappa shape index (κ2) is 5.50. The van der Waals surface area contributed by atoms with E-state index < -0.39 is 0 Å². The number of nitrogens with one attached hydrogen (secondary N) is 1. The van der Waals surface area contributed by atoms with Gasteiger partial charge in [-0.1, -0.05) is 41.0 Å². The van der Waals surface area contributed by atoms with Crippen molar-refractivity contribution in [2.75, 3.05) is 6.61 Å². The molecule has 2 nitrogen and oxygen atoms in total. The van der Waals surface area contributed by atoms with Gasteiger partial charge in [0.15, 0.2) is 0 Å². The van der Waals surface area contributed by atoms with Crippen LogP contribution in [0.3, 0.4) is 0 Å². The van der Waals surface area contributed by atoms with E-state index >= 15 is 0 Å². The fraction of sp³-hybridized carbons (Fsp3) is 1.00. The van der Waals surface area contributed by atoms with Crippen LogP contribution in [-0.4, -0.2) is 23.3 Å². The monoisotopic (exact) mass is 227 g/mol. The van der Waals surface area contributed by atoms with E-state index in [1.165, 1.54) is 12.8 Å². The molecule has 0 heterocycles. The third-order valence-corrected chi connectivity index (χ3v) is 4.06. The summed E-state index contributed by atoms with van der Waals surface area (Å²) in [6.07, 6.45) is 3.67. The van der Waals surface area contributed by atoms with Crippen LogP contribution in [0, 0.1) is 17.8 Å². The Hall–Kier alpha value is -0.0800. The fourth-order valence-electron chi connectivity index (χ4n) is 3.56. The maximum absolute atomic E-state index is 9.86. The first kappa shape index (κ1) is 14.0. The van der Waals surface area contributed by atoms with E-state index in [0.29, 0.717) is 17.9 Å². The number of aliphatic hydroxyl groups excluding tert-OH is 1. The van der Waals surface area contributed by atoms with Gasteiger partial charge in [-0.2, -0.15) is 0 Å². The molecule has 0 aliphatic heterocycles. The Balaban J connectivity index is 2.87. The Bertz CT molecular complexity index is 211. The van der Waals surface area contributed by atoms with E-state index in [2.05, 4.69) is 39.9 Å². The number of aliphatic hydroxyl groups is 1. The third kappa shape index (κ3) is 2.98. The average Bonchev–Trinajstić information content (AvgIpc) is 2.16. The zero-order chi connectivity index (χ0) is 12.3. The van der Waals surface area contributed by atoms with Crippen LogP contribution in [0.1, 0.15) is 53.9 Å². The molecule has 1 saturated carbocycles. The first-order valence-electron chi connectivity index (χ1n) is 6.80. The van der Waals surface area contributed by atoms with Crippen molar-refractivity contribution in [2.24, 2.45) is 17.8 Å². The van der Waals surface area contributed by atoms with Gasteiger partial charge in [0.25, 0.3) is 0 Å².